The van der Waals surface area contributed by atoms with Gasteiger partial charge < -0.3 is 15.2 Å². The molecule has 0 saturated carbocycles. The van der Waals surface area contributed by atoms with E-state index >= 15 is 0 Å². The van der Waals surface area contributed by atoms with Crippen LogP contribution in [-0.2, 0) is 22.4 Å². The second kappa shape index (κ2) is 8.02. The highest BCUT2D eigenvalue weighted by Crippen LogP contribution is 2.41. The molecule has 3 N–H and O–H groups in total. The molecule has 1 aliphatic carbocycles. The Bertz CT molecular complexity index is 935. The van der Waals surface area contributed by atoms with Gasteiger partial charge in [0.25, 0.3) is 5.91 Å². The van der Waals surface area contributed by atoms with Crippen LogP contribution in [0.15, 0.2) is 24.3 Å². The predicted molar refractivity (Wildman–Crippen MR) is 105 cm³/mol. The maximum Gasteiger partial charge on any atom is 0.349 e. The second-order valence-corrected chi connectivity index (χ2v) is 7.96. The van der Waals surface area contributed by atoms with Crippen LogP contribution >= 0.6 is 11.3 Å². The number of fused-ring (bicyclic) bond motifs is 3. The van der Waals surface area contributed by atoms with Crippen LogP contribution in [0.5, 0.6) is 5.75 Å². The zero-order valence-corrected chi connectivity index (χ0v) is 16.7. The molecule has 1 atom stereocenters. The molecule has 0 unspecified atom stereocenters. The molecule has 1 heterocycles. The number of imide groups is 1. The fourth-order valence-corrected chi connectivity index (χ4v) is 4.35. The first-order chi connectivity index (χ1) is 13.3. The van der Waals surface area contributed by atoms with Gasteiger partial charge in [0.05, 0.1) is 7.11 Å². The van der Waals surface area contributed by atoms with Crippen molar-refractivity contribution in [1.29, 1.82) is 0 Å². The van der Waals surface area contributed by atoms with Crippen molar-refractivity contribution < 1.29 is 23.9 Å². The largest absolute Gasteiger partial charge is 0.497 e. The summed E-state index contributed by atoms with van der Waals surface area (Å²) in [5.74, 6) is -0.827. The fraction of sp³-hybridized carbons (Fsp3) is 0.350. The van der Waals surface area contributed by atoms with Gasteiger partial charge in [0.2, 0.25) is 0 Å². The summed E-state index contributed by atoms with van der Waals surface area (Å²) in [5, 5.41) is 1.97. The summed E-state index contributed by atoms with van der Waals surface area (Å²) in [4.78, 5) is 37.1. The highest BCUT2D eigenvalue weighted by molar-refractivity contribution is 7.17. The number of benzene rings is 1. The highest BCUT2D eigenvalue weighted by Gasteiger charge is 2.30. The second-order valence-electron chi connectivity index (χ2n) is 6.91. The van der Waals surface area contributed by atoms with Gasteiger partial charge in [0.1, 0.15) is 10.6 Å². The Morgan fingerprint density at radius 1 is 1.14 bits per heavy atom. The zero-order chi connectivity index (χ0) is 20.4. The van der Waals surface area contributed by atoms with Gasteiger partial charge in [-0.2, -0.15) is 0 Å². The van der Waals surface area contributed by atoms with Crippen LogP contribution in [0.4, 0.5) is 4.79 Å². The van der Waals surface area contributed by atoms with E-state index in [-0.39, 0.29) is 5.92 Å². The van der Waals surface area contributed by atoms with Crippen LogP contribution in [0.1, 0.15) is 34.6 Å². The molecule has 0 radical (unpaired) electrons. The number of rotatable bonds is 5. The molecule has 0 saturated heterocycles. The smallest absolute Gasteiger partial charge is 0.349 e. The van der Waals surface area contributed by atoms with E-state index < -0.39 is 24.0 Å². The number of amides is 3. The van der Waals surface area contributed by atoms with Crippen molar-refractivity contribution >= 4 is 29.2 Å². The maximum atomic E-state index is 12.7. The molecule has 1 aromatic carbocycles. The van der Waals surface area contributed by atoms with Crippen molar-refractivity contribution in [1.82, 2.24) is 5.32 Å². The molecule has 0 fully saturated rings. The molecule has 148 valence electrons. The first-order valence-corrected chi connectivity index (χ1v) is 9.73. The van der Waals surface area contributed by atoms with Gasteiger partial charge in [-0.25, -0.2) is 9.59 Å². The molecule has 0 bridgehead atoms. The van der Waals surface area contributed by atoms with Gasteiger partial charge in [0.15, 0.2) is 6.10 Å². The number of carbonyl (C=O) groups excluding carboxylic acids is 3. The van der Waals surface area contributed by atoms with Gasteiger partial charge in [-0.1, -0.05) is 13.8 Å². The third-order valence-electron chi connectivity index (χ3n) is 4.58. The number of hydrogen-bond donors (Lipinski definition) is 2. The van der Waals surface area contributed by atoms with Gasteiger partial charge in [0, 0.05) is 4.88 Å². The van der Waals surface area contributed by atoms with E-state index in [9.17, 15) is 14.4 Å². The SMILES string of the molecule is COc1ccc2c(c1)CCc1cc(C(=O)O[C@@H](C(=O)NC(N)=O)C(C)C)sc1-2. The highest BCUT2D eigenvalue weighted by atomic mass is 32.1. The number of methoxy groups -OCH3 is 1. The standard InChI is InChI=1S/C20H22N2O5S/c1-10(2)16(18(23)22-20(21)25)27-19(24)15-9-12-5-4-11-8-13(26-3)6-7-14(11)17(12)28-15/h6-10,16H,4-5H2,1-3H3,(H3,21,22,23,25)/t16-/m1/s1. The Morgan fingerprint density at radius 3 is 2.50 bits per heavy atom. The minimum absolute atomic E-state index is 0.314. The molecular weight excluding hydrogens is 380 g/mol. The van der Waals surface area contributed by atoms with Gasteiger partial charge >= 0.3 is 12.0 Å². The summed E-state index contributed by atoms with van der Waals surface area (Å²) in [6.45, 7) is 3.45. The first kappa shape index (κ1) is 19.9. The topological polar surface area (TPSA) is 108 Å². The summed E-state index contributed by atoms with van der Waals surface area (Å²) in [6.07, 6.45) is 0.575. The van der Waals surface area contributed by atoms with Gasteiger partial charge in [-0.3, -0.25) is 10.1 Å². The van der Waals surface area contributed by atoms with Crippen molar-refractivity contribution in [2.45, 2.75) is 32.8 Å². The van der Waals surface area contributed by atoms with Gasteiger partial charge in [-0.05, 0) is 59.7 Å². The molecule has 3 rings (SSSR count). The lowest BCUT2D eigenvalue weighted by atomic mass is 9.91. The first-order valence-electron chi connectivity index (χ1n) is 8.91. The summed E-state index contributed by atoms with van der Waals surface area (Å²) in [6, 6.07) is 6.74. The summed E-state index contributed by atoms with van der Waals surface area (Å²) in [7, 11) is 1.63. The van der Waals surface area contributed by atoms with E-state index in [2.05, 4.69) is 0 Å². The van der Waals surface area contributed by atoms with E-state index in [4.69, 9.17) is 15.2 Å². The van der Waals surface area contributed by atoms with Crippen LogP contribution < -0.4 is 15.8 Å². The molecule has 0 aliphatic heterocycles. The number of primary amides is 1. The normalized spacial score (nSPS) is 13.3. The van der Waals surface area contributed by atoms with Gasteiger partial charge in [-0.15, -0.1) is 11.3 Å². The lowest BCUT2D eigenvalue weighted by Crippen LogP contribution is -2.45. The zero-order valence-electron chi connectivity index (χ0n) is 15.9. The Morgan fingerprint density at radius 2 is 1.86 bits per heavy atom. The van der Waals surface area contributed by atoms with Crippen LogP contribution in [0.25, 0.3) is 10.4 Å². The summed E-state index contributed by atoms with van der Waals surface area (Å²) < 4.78 is 10.7. The molecule has 1 aliphatic rings. The molecule has 7 nitrogen and oxygen atoms in total. The van der Waals surface area contributed by atoms with Crippen LogP contribution in [0, 0.1) is 5.92 Å². The van der Waals surface area contributed by atoms with Crippen molar-refractivity contribution in [2.24, 2.45) is 11.7 Å². The lowest BCUT2D eigenvalue weighted by molar-refractivity contribution is -0.130. The minimum atomic E-state index is -1.10. The average Bonchev–Trinajstić information content (AvgIpc) is 3.09. The predicted octanol–water partition coefficient (Wildman–Crippen LogP) is 2.90. The quantitative estimate of drug-likeness (QED) is 0.748. The molecule has 3 amide bonds. The van der Waals surface area contributed by atoms with Crippen LogP contribution in [-0.4, -0.2) is 31.1 Å². The number of carbonyl (C=O) groups is 3. The van der Waals surface area contributed by atoms with E-state index in [0.29, 0.717) is 4.88 Å². The minimum Gasteiger partial charge on any atom is -0.497 e. The number of hydrogen-bond acceptors (Lipinski definition) is 6. The van der Waals surface area contributed by atoms with E-state index in [1.807, 2.05) is 29.6 Å². The number of urea groups is 1. The average molecular weight is 402 g/mol. The number of ether oxygens (including phenoxy) is 2. The van der Waals surface area contributed by atoms with E-state index in [1.54, 1.807) is 21.0 Å². The fourth-order valence-electron chi connectivity index (χ4n) is 3.20. The molecule has 1 aromatic heterocycles. The number of nitrogens with two attached hydrogens (primary N) is 1. The third kappa shape index (κ3) is 4.01. The number of esters is 1. The number of aryl methyl sites for hydroxylation is 2. The summed E-state index contributed by atoms with van der Waals surface area (Å²) >= 11 is 1.34. The third-order valence-corrected chi connectivity index (χ3v) is 5.77. The van der Waals surface area contributed by atoms with E-state index in [1.165, 1.54) is 16.9 Å². The Hall–Kier alpha value is -2.87. The molecular formula is C20H22N2O5S. The van der Waals surface area contributed by atoms with E-state index in [0.717, 1.165) is 34.6 Å². The molecule has 2 aromatic rings. The lowest BCUT2D eigenvalue weighted by Gasteiger charge is -2.19. The monoisotopic (exact) mass is 402 g/mol. The molecule has 28 heavy (non-hydrogen) atoms. The Balaban J connectivity index is 1.83. The Kier molecular flexibility index (Phi) is 5.69. The molecule has 0 spiro atoms. The molecule has 8 heteroatoms. The van der Waals surface area contributed by atoms with Crippen LogP contribution in [0.2, 0.25) is 0 Å². The van der Waals surface area contributed by atoms with Crippen molar-refractivity contribution in [3.05, 3.63) is 40.3 Å². The summed E-state index contributed by atoms with van der Waals surface area (Å²) in [5.41, 5.74) is 8.32. The van der Waals surface area contributed by atoms with Crippen molar-refractivity contribution in [2.75, 3.05) is 7.11 Å². The maximum absolute atomic E-state index is 12.7. The van der Waals surface area contributed by atoms with Crippen molar-refractivity contribution in [3.8, 4) is 16.2 Å². The Labute approximate surface area is 166 Å². The van der Waals surface area contributed by atoms with Crippen molar-refractivity contribution in [3.63, 3.8) is 0 Å². The van der Waals surface area contributed by atoms with Crippen LogP contribution in [0.3, 0.4) is 0 Å². The number of thiophene rings is 1. The number of nitrogens with one attached hydrogen (secondary N) is 1.